The fraction of sp³-hybridized carbons (Fsp3) is 0.263. The van der Waals surface area contributed by atoms with Crippen LogP contribution in [0.3, 0.4) is 0 Å². The van der Waals surface area contributed by atoms with Gasteiger partial charge in [0.1, 0.15) is 0 Å². The molecule has 0 spiro atoms. The molecule has 0 fully saturated rings. The minimum atomic E-state index is -0.354. The minimum absolute atomic E-state index is 0.246. The lowest BCUT2D eigenvalue weighted by Crippen LogP contribution is -2.31. The van der Waals surface area contributed by atoms with Gasteiger partial charge >= 0.3 is 0 Å². The van der Waals surface area contributed by atoms with Crippen LogP contribution in [0.1, 0.15) is 24.0 Å². The SMILES string of the molecule is NC(=O)CCN(CCC(N)=O)c1ccc2c(c1)Cc1ccccc1-2. The monoisotopic (exact) mass is 323 g/mol. The third-order valence-corrected chi connectivity index (χ3v) is 4.40. The van der Waals surface area contributed by atoms with Crippen molar-refractivity contribution < 1.29 is 9.59 Å². The Balaban J connectivity index is 1.85. The second-order valence-corrected chi connectivity index (χ2v) is 6.10. The van der Waals surface area contributed by atoms with Gasteiger partial charge in [0, 0.05) is 31.6 Å². The maximum Gasteiger partial charge on any atom is 0.219 e. The molecule has 0 aliphatic heterocycles. The molecule has 4 N–H and O–H groups in total. The van der Waals surface area contributed by atoms with E-state index in [2.05, 4.69) is 30.3 Å². The van der Waals surface area contributed by atoms with Gasteiger partial charge in [0.05, 0.1) is 0 Å². The molecule has 2 amide bonds. The minimum Gasteiger partial charge on any atom is -0.370 e. The summed E-state index contributed by atoms with van der Waals surface area (Å²) in [5.74, 6) is -0.708. The van der Waals surface area contributed by atoms with Gasteiger partial charge in [0.25, 0.3) is 0 Å². The van der Waals surface area contributed by atoms with Crippen LogP contribution >= 0.6 is 0 Å². The van der Waals surface area contributed by atoms with Crippen molar-refractivity contribution in [3.63, 3.8) is 0 Å². The lowest BCUT2D eigenvalue weighted by atomic mass is 10.1. The zero-order valence-corrected chi connectivity index (χ0v) is 13.5. The zero-order chi connectivity index (χ0) is 17.1. The highest BCUT2D eigenvalue weighted by Gasteiger charge is 2.19. The van der Waals surface area contributed by atoms with Crippen LogP contribution in [0.5, 0.6) is 0 Å². The van der Waals surface area contributed by atoms with Crippen molar-refractivity contribution in [2.45, 2.75) is 19.3 Å². The molecule has 0 heterocycles. The topological polar surface area (TPSA) is 89.4 Å². The molecule has 5 heteroatoms. The van der Waals surface area contributed by atoms with Gasteiger partial charge in [-0.3, -0.25) is 9.59 Å². The van der Waals surface area contributed by atoms with Crippen LogP contribution in [0.25, 0.3) is 11.1 Å². The molecule has 0 bridgehead atoms. The van der Waals surface area contributed by atoms with E-state index in [1.54, 1.807) is 0 Å². The Kier molecular flexibility index (Phi) is 4.51. The Morgan fingerprint density at radius 2 is 1.50 bits per heavy atom. The Hall–Kier alpha value is -2.82. The Labute approximate surface area is 141 Å². The number of fused-ring (bicyclic) bond motifs is 3. The van der Waals surface area contributed by atoms with Crippen LogP contribution in [-0.4, -0.2) is 24.9 Å². The van der Waals surface area contributed by atoms with Crippen LogP contribution in [0, 0.1) is 0 Å². The van der Waals surface area contributed by atoms with Gasteiger partial charge in [0.15, 0.2) is 0 Å². The molecule has 2 aromatic carbocycles. The zero-order valence-electron chi connectivity index (χ0n) is 13.5. The summed E-state index contributed by atoms with van der Waals surface area (Å²) in [6, 6.07) is 14.7. The molecule has 3 rings (SSSR count). The summed E-state index contributed by atoms with van der Waals surface area (Å²) in [6.45, 7) is 0.961. The Morgan fingerprint density at radius 1 is 0.875 bits per heavy atom. The summed E-state index contributed by atoms with van der Waals surface area (Å²) in [7, 11) is 0. The fourth-order valence-corrected chi connectivity index (χ4v) is 3.19. The number of primary amides is 2. The molecule has 0 unspecified atom stereocenters. The number of hydrogen-bond donors (Lipinski definition) is 2. The molecule has 0 atom stereocenters. The first-order valence-electron chi connectivity index (χ1n) is 8.07. The van der Waals surface area contributed by atoms with Crippen molar-refractivity contribution in [1.29, 1.82) is 0 Å². The van der Waals surface area contributed by atoms with E-state index >= 15 is 0 Å². The van der Waals surface area contributed by atoms with Gasteiger partial charge in [-0.15, -0.1) is 0 Å². The number of hydrogen-bond acceptors (Lipinski definition) is 3. The lowest BCUT2D eigenvalue weighted by Gasteiger charge is -2.24. The number of nitrogens with two attached hydrogens (primary N) is 2. The Morgan fingerprint density at radius 3 is 2.17 bits per heavy atom. The number of rotatable bonds is 7. The quantitative estimate of drug-likeness (QED) is 0.695. The number of carbonyl (C=O) groups is 2. The van der Waals surface area contributed by atoms with Crippen molar-refractivity contribution >= 4 is 17.5 Å². The van der Waals surface area contributed by atoms with E-state index < -0.39 is 0 Å². The lowest BCUT2D eigenvalue weighted by molar-refractivity contribution is -0.118. The first kappa shape index (κ1) is 16.1. The van der Waals surface area contributed by atoms with Crippen LogP contribution in [0.4, 0.5) is 5.69 Å². The third-order valence-electron chi connectivity index (χ3n) is 4.40. The third kappa shape index (κ3) is 3.40. The molecule has 0 radical (unpaired) electrons. The number of amides is 2. The first-order valence-corrected chi connectivity index (χ1v) is 8.07. The molecule has 2 aromatic rings. The van der Waals surface area contributed by atoms with E-state index in [4.69, 9.17) is 11.5 Å². The van der Waals surface area contributed by atoms with E-state index in [1.165, 1.54) is 22.3 Å². The molecule has 0 saturated carbocycles. The molecule has 0 aromatic heterocycles. The van der Waals surface area contributed by atoms with Crippen LogP contribution in [0.2, 0.25) is 0 Å². The highest BCUT2D eigenvalue weighted by atomic mass is 16.1. The number of nitrogens with zero attached hydrogens (tertiary/aromatic N) is 1. The average molecular weight is 323 g/mol. The van der Waals surface area contributed by atoms with Crippen LogP contribution in [0.15, 0.2) is 42.5 Å². The van der Waals surface area contributed by atoms with Crippen molar-refractivity contribution in [3.05, 3.63) is 53.6 Å². The molecular formula is C19H21N3O2. The maximum absolute atomic E-state index is 11.1. The second kappa shape index (κ2) is 6.74. The molecule has 5 nitrogen and oxygen atoms in total. The van der Waals surface area contributed by atoms with Crippen molar-refractivity contribution in [2.75, 3.05) is 18.0 Å². The van der Waals surface area contributed by atoms with Crippen LogP contribution in [-0.2, 0) is 16.0 Å². The predicted molar refractivity (Wildman–Crippen MR) is 94.5 cm³/mol. The number of carbonyl (C=O) groups excluding carboxylic acids is 2. The summed E-state index contributed by atoms with van der Waals surface area (Å²) < 4.78 is 0. The normalized spacial score (nSPS) is 11.7. The smallest absolute Gasteiger partial charge is 0.219 e. The van der Waals surface area contributed by atoms with E-state index in [0.717, 1.165) is 12.1 Å². The van der Waals surface area contributed by atoms with Gasteiger partial charge < -0.3 is 16.4 Å². The van der Waals surface area contributed by atoms with E-state index in [1.807, 2.05) is 17.0 Å². The first-order chi connectivity index (χ1) is 11.5. The van der Waals surface area contributed by atoms with E-state index in [-0.39, 0.29) is 24.7 Å². The fourth-order valence-electron chi connectivity index (χ4n) is 3.19. The van der Waals surface area contributed by atoms with Crippen molar-refractivity contribution in [1.82, 2.24) is 0 Å². The number of anilines is 1. The highest BCUT2D eigenvalue weighted by molar-refractivity contribution is 5.79. The van der Waals surface area contributed by atoms with Crippen LogP contribution < -0.4 is 16.4 Å². The van der Waals surface area contributed by atoms with Gasteiger partial charge in [0.2, 0.25) is 11.8 Å². The molecule has 1 aliphatic rings. The summed E-state index contributed by atoms with van der Waals surface area (Å²) in [5.41, 5.74) is 16.6. The van der Waals surface area contributed by atoms with E-state index in [9.17, 15) is 9.59 Å². The molecule has 1 aliphatic carbocycles. The largest absolute Gasteiger partial charge is 0.370 e. The van der Waals surface area contributed by atoms with Crippen molar-refractivity contribution in [3.8, 4) is 11.1 Å². The molecule has 0 saturated heterocycles. The van der Waals surface area contributed by atoms with Gasteiger partial charge in [-0.2, -0.15) is 0 Å². The Bertz CT molecular complexity index is 768. The molecule has 124 valence electrons. The number of benzene rings is 2. The molecular weight excluding hydrogens is 302 g/mol. The average Bonchev–Trinajstić information content (AvgIpc) is 2.92. The summed E-state index contributed by atoms with van der Waals surface area (Å²) >= 11 is 0. The molecule has 24 heavy (non-hydrogen) atoms. The maximum atomic E-state index is 11.1. The van der Waals surface area contributed by atoms with E-state index in [0.29, 0.717) is 13.1 Å². The summed E-state index contributed by atoms with van der Waals surface area (Å²) in [6.07, 6.45) is 1.39. The summed E-state index contributed by atoms with van der Waals surface area (Å²) in [4.78, 5) is 24.2. The highest BCUT2D eigenvalue weighted by Crippen LogP contribution is 2.38. The standard InChI is InChI=1S/C19H21N3O2/c20-18(23)7-9-22(10-8-19(21)24)15-5-6-17-14(12-15)11-13-3-1-2-4-16(13)17/h1-6,12H,7-11H2,(H2,20,23)(H2,21,24). The summed E-state index contributed by atoms with van der Waals surface area (Å²) in [5, 5.41) is 0. The van der Waals surface area contributed by atoms with Gasteiger partial charge in [-0.05, 0) is 40.8 Å². The van der Waals surface area contributed by atoms with Crippen molar-refractivity contribution in [2.24, 2.45) is 11.5 Å². The predicted octanol–water partition coefficient (Wildman–Crippen LogP) is 1.82. The van der Waals surface area contributed by atoms with Gasteiger partial charge in [-0.25, -0.2) is 0 Å². The second-order valence-electron chi connectivity index (χ2n) is 6.10. The van der Waals surface area contributed by atoms with Gasteiger partial charge in [-0.1, -0.05) is 30.3 Å².